The van der Waals surface area contributed by atoms with Crippen molar-refractivity contribution in [2.45, 2.75) is 51.1 Å². The molecular formula is C13H27N3O. The third kappa shape index (κ3) is 5.50. The fraction of sp³-hybridized carbons (Fsp3) is 0.923. The number of nitrogens with one attached hydrogen (secondary N) is 1. The van der Waals surface area contributed by atoms with Gasteiger partial charge in [0.25, 0.3) is 0 Å². The highest BCUT2D eigenvalue weighted by Crippen LogP contribution is 2.25. The molecular weight excluding hydrogens is 214 g/mol. The highest BCUT2D eigenvalue weighted by molar-refractivity contribution is 5.76. The third-order valence-electron chi connectivity index (χ3n) is 3.77. The van der Waals surface area contributed by atoms with E-state index in [2.05, 4.69) is 17.1 Å². The van der Waals surface area contributed by atoms with Crippen molar-refractivity contribution >= 4 is 5.91 Å². The van der Waals surface area contributed by atoms with E-state index in [9.17, 15) is 4.79 Å². The first-order valence-electron chi connectivity index (χ1n) is 6.67. The molecule has 4 heteroatoms. The van der Waals surface area contributed by atoms with Gasteiger partial charge in [0.05, 0.1) is 0 Å². The van der Waals surface area contributed by atoms with Crippen LogP contribution in [0.25, 0.3) is 0 Å². The number of nitrogens with two attached hydrogens (primary N) is 1. The van der Waals surface area contributed by atoms with E-state index >= 15 is 0 Å². The molecule has 0 aromatic heterocycles. The monoisotopic (exact) mass is 241 g/mol. The van der Waals surface area contributed by atoms with Gasteiger partial charge in [-0.25, -0.2) is 0 Å². The summed E-state index contributed by atoms with van der Waals surface area (Å²) in [7, 11) is 4.05. The van der Waals surface area contributed by atoms with E-state index in [1.165, 1.54) is 6.42 Å². The summed E-state index contributed by atoms with van der Waals surface area (Å²) in [5.41, 5.74) is 5.92. The van der Waals surface area contributed by atoms with E-state index < -0.39 is 0 Å². The Labute approximate surface area is 105 Å². The molecule has 0 bridgehead atoms. The summed E-state index contributed by atoms with van der Waals surface area (Å²) in [5, 5.41) is 3.00. The van der Waals surface area contributed by atoms with Gasteiger partial charge in [0.2, 0.25) is 5.91 Å². The maximum Gasteiger partial charge on any atom is 0.220 e. The van der Waals surface area contributed by atoms with Crippen LogP contribution in [-0.2, 0) is 4.79 Å². The van der Waals surface area contributed by atoms with Crippen molar-refractivity contribution in [3.63, 3.8) is 0 Å². The molecule has 3 atom stereocenters. The van der Waals surface area contributed by atoms with Crippen molar-refractivity contribution in [1.29, 1.82) is 0 Å². The molecule has 1 rings (SSSR count). The second-order valence-corrected chi connectivity index (χ2v) is 5.61. The van der Waals surface area contributed by atoms with Gasteiger partial charge in [0, 0.05) is 25.0 Å². The molecule has 0 aromatic carbocycles. The van der Waals surface area contributed by atoms with Crippen LogP contribution in [0.1, 0.15) is 39.0 Å². The van der Waals surface area contributed by atoms with Crippen LogP contribution in [0.5, 0.6) is 0 Å². The zero-order valence-corrected chi connectivity index (χ0v) is 11.4. The van der Waals surface area contributed by atoms with Crippen molar-refractivity contribution < 1.29 is 4.79 Å². The molecule has 0 radical (unpaired) electrons. The predicted molar refractivity (Wildman–Crippen MR) is 70.7 cm³/mol. The normalized spacial score (nSPS) is 26.9. The molecule has 4 nitrogen and oxygen atoms in total. The van der Waals surface area contributed by atoms with Crippen LogP contribution < -0.4 is 11.1 Å². The first-order valence-corrected chi connectivity index (χ1v) is 6.67. The van der Waals surface area contributed by atoms with E-state index in [1.807, 2.05) is 14.1 Å². The van der Waals surface area contributed by atoms with Gasteiger partial charge in [-0.15, -0.1) is 0 Å². The highest BCUT2D eigenvalue weighted by atomic mass is 16.1. The van der Waals surface area contributed by atoms with Crippen LogP contribution in [0, 0.1) is 5.92 Å². The zero-order chi connectivity index (χ0) is 12.8. The second kappa shape index (κ2) is 6.97. The van der Waals surface area contributed by atoms with Crippen LogP contribution in [-0.4, -0.2) is 43.5 Å². The zero-order valence-electron chi connectivity index (χ0n) is 11.4. The van der Waals surface area contributed by atoms with Crippen molar-refractivity contribution in [2.75, 3.05) is 20.6 Å². The average molecular weight is 241 g/mol. The van der Waals surface area contributed by atoms with Crippen LogP contribution in [0.4, 0.5) is 0 Å². The molecule has 1 aliphatic rings. The second-order valence-electron chi connectivity index (χ2n) is 5.61. The van der Waals surface area contributed by atoms with Gasteiger partial charge in [-0.2, -0.15) is 0 Å². The van der Waals surface area contributed by atoms with Crippen molar-refractivity contribution in [3.05, 3.63) is 0 Å². The quantitative estimate of drug-likeness (QED) is 0.754. The number of nitrogens with zero attached hydrogens (tertiary/aromatic N) is 1. The highest BCUT2D eigenvalue weighted by Gasteiger charge is 2.21. The molecule has 0 saturated heterocycles. The van der Waals surface area contributed by atoms with E-state index in [1.54, 1.807) is 0 Å². The van der Waals surface area contributed by atoms with Crippen molar-refractivity contribution in [1.82, 2.24) is 10.2 Å². The Hall–Kier alpha value is -0.610. The number of likely N-dealkylation sites (N-methyl/N-ethyl adjacent to an activating group) is 1. The fourth-order valence-electron chi connectivity index (χ4n) is 2.30. The number of carbonyl (C=O) groups is 1. The Balaban J connectivity index is 2.20. The lowest BCUT2D eigenvalue weighted by Gasteiger charge is -2.26. The van der Waals surface area contributed by atoms with Gasteiger partial charge in [-0.1, -0.05) is 6.42 Å². The average Bonchev–Trinajstić information content (AvgIpc) is 2.25. The Morgan fingerprint density at radius 3 is 2.76 bits per heavy atom. The van der Waals surface area contributed by atoms with Crippen LogP contribution >= 0.6 is 0 Å². The lowest BCUT2D eigenvalue weighted by atomic mass is 9.84. The molecule has 1 fully saturated rings. The SMILES string of the molecule is CC(CNC(=O)CC1CCCC(N)C1)N(C)C. The minimum Gasteiger partial charge on any atom is -0.355 e. The molecule has 1 aliphatic carbocycles. The van der Waals surface area contributed by atoms with Crippen LogP contribution in [0.15, 0.2) is 0 Å². The summed E-state index contributed by atoms with van der Waals surface area (Å²) in [6, 6.07) is 0.690. The number of hydrogen-bond donors (Lipinski definition) is 2. The summed E-state index contributed by atoms with van der Waals surface area (Å²) >= 11 is 0. The number of amides is 1. The largest absolute Gasteiger partial charge is 0.355 e. The molecule has 3 unspecified atom stereocenters. The smallest absolute Gasteiger partial charge is 0.220 e. The Bertz CT molecular complexity index is 243. The molecule has 1 amide bonds. The molecule has 1 saturated carbocycles. The van der Waals surface area contributed by atoms with E-state index in [0.29, 0.717) is 24.4 Å². The van der Waals surface area contributed by atoms with Crippen LogP contribution in [0.2, 0.25) is 0 Å². The Morgan fingerprint density at radius 2 is 2.18 bits per heavy atom. The van der Waals surface area contributed by atoms with Crippen LogP contribution in [0.3, 0.4) is 0 Å². The van der Waals surface area contributed by atoms with Gasteiger partial charge in [0.15, 0.2) is 0 Å². The summed E-state index contributed by atoms with van der Waals surface area (Å²) < 4.78 is 0. The first kappa shape index (κ1) is 14.5. The lowest BCUT2D eigenvalue weighted by Crippen LogP contribution is -2.39. The minimum atomic E-state index is 0.179. The van der Waals surface area contributed by atoms with Gasteiger partial charge >= 0.3 is 0 Å². The lowest BCUT2D eigenvalue weighted by molar-refractivity contribution is -0.122. The summed E-state index contributed by atoms with van der Waals surface area (Å²) in [5.74, 6) is 0.672. The summed E-state index contributed by atoms with van der Waals surface area (Å²) in [4.78, 5) is 13.9. The number of rotatable bonds is 5. The number of carbonyl (C=O) groups excluding carboxylic acids is 1. The minimum absolute atomic E-state index is 0.179. The maximum atomic E-state index is 11.8. The first-order chi connectivity index (χ1) is 7.99. The molecule has 0 heterocycles. The predicted octanol–water partition coefficient (Wildman–Crippen LogP) is 0.960. The van der Waals surface area contributed by atoms with Gasteiger partial charge in [-0.3, -0.25) is 4.79 Å². The molecule has 0 aliphatic heterocycles. The topological polar surface area (TPSA) is 58.4 Å². The van der Waals surface area contributed by atoms with E-state index in [-0.39, 0.29) is 5.91 Å². The summed E-state index contributed by atoms with van der Waals surface area (Å²) in [6.07, 6.45) is 5.11. The molecule has 100 valence electrons. The Morgan fingerprint density at radius 1 is 1.47 bits per heavy atom. The van der Waals surface area contributed by atoms with E-state index in [0.717, 1.165) is 25.8 Å². The fourth-order valence-corrected chi connectivity index (χ4v) is 2.30. The molecule has 0 aromatic rings. The van der Waals surface area contributed by atoms with Gasteiger partial charge in [0.1, 0.15) is 0 Å². The molecule has 0 spiro atoms. The Kier molecular flexibility index (Phi) is 5.92. The molecule has 17 heavy (non-hydrogen) atoms. The third-order valence-corrected chi connectivity index (χ3v) is 3.77. The van der Waals surface area contributed by atoms with Gasteiger partial charge < -0.3 is 16.0 Å². The van der Waals surface area contributed by atoms with E-state index in [4.69, 9.17) is 5.73 Å². The number of hydrogen-bond acceptors (Lipinski definition) is 3. The van der Waals surface area contributed by atoms with Crippen molar-refractivity contribution in [2.24, 2.45) is 11.7 Å². The maximum absolute atomic E-state index is 11.8. The summed E-state index contributed by atoms with van der Waals surface area (Å²) in [6.45, 7) is 2.83. The van der Waals surface area contributed by atoms with Gasteiger partial charge in [-0.05, 0) is 46.2 Å². The van der Waals surface area contributed by atoms with Crippen molar-refractivity contribution in [3.8, 4) is 0 Å². The standard InChI is InChI=1S/C13H27N3O/c1-10(16(2)3)9-15-13(17)8-11-5-4-6-12(14)7-11/h10-12H,4-9,14H2,1-3H3,(H,15,17). The molecule has 3 N–H and O–H groups in total.